The summed E-state index contributed by atoms with van der Waals surface area (Å²) in [6.07, 6.45) is 5.91. The van der Waals surface area contributed by atoms with Crippen LogP contribution in [-0.2, 0) is 11.2 Å². The molecule has 0 aromatic heterocycles. The second kappa shape index (κ2) is 8.30. The number of amides is 1. The van der Waals surface area contributed by atoms with Gasteiger partial charge in [-0.3, -0.25) is 4.79 Å². The number of carbonyl (C=O) groups is 1. The van der Waals surface area contributed by atoms with Crippen LogP contribution in [0.4, 0.5) is 0 Å². The van der Waals surface area contributed by atoms with E-state index < -0.39 is 6.10 Å². The van der Waals surface area contributed by atoms with Crippen LogP contribution in [0.2, 0.25) is 0 Å². The van der Waals surface area contributed by atoms with Gasteiger partial charge in [-0.25, -0.2) is 0 Å². The van der Waals surface area contributed by atoms with E-state index in [0.29, 0.717) is 18.8 Å². The predicted molar refractivity (Wildman–Crippen MR) is 88.0 cm³/mol. The van der Waals surface area contributed by atoms with Crippen LogP contribution in [0.1, 0.15) is 44.1 Å². The molecule has 0 spiro atoms. The second-order valence-corrected chi connectivity index (χ2v) is 6.56. The maximum absolute atomic E-state index is 11.8. The standard InChI is InChI=1S/C18H28N2O2/c19-16(11-13-7-3-1-4-8-13)17(21)12-15(18(20)22)14-9-5-2-6-10-14/h1,3-4,7-8,14-17,21H,2,5-6,9-12,19H2,(H2,20,22)/t15-,16+,17+/m1/s1. The van der Waals surface area contributed by atoms with Gasteiger partial charge >= 0.3 is 0 Å². The fourth-order valence-corrected chi connectivity index (χ4v) is 3.53. The third kappa shape index (κ3) is 4.82. The van der Waals surface area contributed by atoms with Crippen molar-refractivity contribution in [3.8, 4) is 0 Å². The molecular weight excluding hydrogens is 276 g/mol. The second-order valence-electron chi connectivity index (χ2n) is 6.56. The first kappa shape index (κ1) is 17.0. The average molecular weight is 304 g/mol. The molecule has 0 radical (unpaired) electrons. The van der Waals surface area contributed by atoms with Crippen molar-refractivity contribution in [2.24, 2.45) is 23.3 Å². The molecule has 0 saturated heterocycles. The first-order chi connectivity index (χ1) is 10.6. The van der Waals surface area contributed by atoms with Crippen LogP contribution in [0.25, 0.3) is 0 Å². The topological polar surface area (TPSA) is 89.3 Å². The number of hydrogen-bond donors (Lipinski definition) is 3. The van der Waals surface area contributed by atoms with E-state index >= 15 is 0 Å². The van der Waals surface area contributed by atoms with Crippen molar-refractivity contribution in [3.63, 3.8) is 0 Å². The first-order valence-corrected chi connectivity index (χ1v) is 8.35. The SMILES string of the molecule is NC(=O)[C@H](C[C@H](O)[C@@H](N)Cc1ccccc1)C1CCCCC1. The molecular formula is C18H28N2O2. The highest BCUT2D eigenvalue weighted by Crippen LogP contribution is 2.32. The zero-order valence-corrected chi connectivity index (χ0v) is 13.2. The Kier molecular flexibility index (Phi) is 6.40. The summed E-state index contributed by atoms with van der Waals surface area (Å²) in [4.78, 5) is 11.8. The normalized spacial score (nSPS) is 20.3. The molecule has 1 saturated carbocycles. The summed E-state index contributed by atoms with van der Waals surface area (Å²) in [7, 11) is 0. The number of primary amides is 1. The average Bonchev–Trinajstić information content (AvgIpc) is 2.53. The van der Waals surface area contributed by atoms with E-state index in [2.05, 4.69) is 0 Å². The van der Waals surface area contributed by atoms with E-state index in [4.69, 9.17) is 11.5 Å². The summed E-state index contributed by atoms with van der Waals surface area (Å²) in [5.41, 5.74) is 12.8. The molecule has 1 aliphatic rings. The van der Waals surface area contributed by atoms with Crippen molar-refractivity contribution in [2.45, 2.75) is 57.1 Å². The lowest BCUT2D eigenvalue weighted by atomic mass is 9.76. The van der Waals surface area contributed by atoms with Crippen LogP contribution in [0, 0.1) is 11.8 Å². The number of aliphatic hydroxyl groups is 1. The lowest BCUT2D eigenvalue weighted by Gasteiger charge is -2.31. The number of hydrogen-bond acceptors (Lipinski definition) is 3. The summed E-state index contributed by atoms with van der Waals surface area (Å²) in [6, 6.07) is 9.51. The van der Waals surface area contributed by atoms with Crippen LogP contribution >= 0.6 is 0 Å². The largest absolute Gasteiger partial charge is 0.391 e. The van der Waals surface area contributed by atoms with Crippen LogP contribution in [0.15, 0.2) is 30.3 Å². The van der Waals surface area contributed by atoms with Crippen molar-refractivity contribution in [2.75, 3.05) is 0 Å². The van der Waals surface area contributed by atoms with Gasteiger partial charge in [-0.15, -0.1) is 0 Å². The third-order valence-electron chi connectivity index (χ3n) is 4.89. The monoisotopic (exact) mass is 304 g/mol. The molecule has 0 aliphatic heterocycles. The van der Waals surface area contributed by atoms with Crippen molar-refractivity contribution in [3.05, 3.63) is 35.9 Å². The molecule has 4 heteroatoms. The lowest BCUT2D eigenvalue weighted by Crippen LogP contribution is -2.42. The molecule has 1 aromatic rings. The van der Waals surface area contributed by atoms with E-state index in [9.17, 15) is 9.90 Å². The van der Waals surface area contributed by atoms with Gasteiger partial charge in [-0.1, -0.05) is 49.6 Å². The first-order valence-electron chi connectivity index (χ1n) is 8.35. The molecule has 3 atom stereocenters. The Balaban J connectivity index is 1.92. The minimum Gasteiger partial charge on any atom is -0.391 e. The van der Waals surface area contributed by atoms with E-state index in [1.807, 2.05) is 30.3 Å². The molecule has 0 bridgehead atoms. The summed E-state index contributed by atoms with van der Waals surface area (Å²) < 4.78 is 0. The van der Waals surface area contributed by atoms with Crippen LogP contribution in [0.3, 0.4) is 0 Å². The Labute approximate surface area is 132 Å². The van der Waals surface area contributed by atoms with Crippen molar-refractivity contribution in [1.82, 2.24) is 0 Å². The van der Waals surface area contributed by atoms with E-state index in [1.54, 1.807) is 0 Å². The Hall–Kier alpha value is -1.39. The van der Waals surface area contributed by atoms with Crippen molar-refractivity contribution >= 4 is 5.91 Å². The Morgan fingerprint density at radius 2 is 1.82 bits per heavy atom. The predicted octanol–water partition coefficient (Wildman–Crippen LogP) is 1.99. The minimum absolute atomic E-state index is 0.253. The lowest BCUT2D eigenvalue weighted by molar-refractivity contribution is -0.125. The van der Waals surface area contributed by atoms with Crippen LogP contribution in [0.5, 0.6) is 0 Å². The number of rotatable bonds is 7. The highest BCUT2D eigenvalue weighted by atomic mass is 16.3. The number of nitrogens with two attached hydrogens (primary N) is 2. The quantitative estimate of drug-likeness (QED) is 0.719. The fraction of sp³-hybridized carbons (Fsp3) is 0.611. The zero-order valence-electron chi connectivity index (χ0n) is 13.2. The van der Waals surface area contributed by atoms with E-state index in [1.165, 1.54) is 6.42 Å². The van der Waals surface area contributed by atoms with Crippen molar-refractivity contribution < 1.29 is 9.90 Å². The Morgan fingerprint density at radius 1 is 1.18 bits per heavy atom. The van der Waals surface area contributed by atoms with Crippen LogP contribution < -0.4 is 11.5 Å². The summed E-state index contributed by atoms with van der Waals surface area (Å²) in [5, 5.41) is 10.4. The maximum atomic E-state index is 11.8. The minimum atomic E-state index is -0.695. The Bertz CT molecular complexity index is 457. The fourth-order valence-electron chi connectivity index (χ4n) is 3.53. The number of aliphatic hydroxyl groups excluding tert-OH is 1. The summed E-state index contributed by atoms with van der Waals surface area (Å²) in [5.74, 6) is -0.236. The molecule has 1 amide bonds. The van der Waals surface area contributed by atoms with Gasteiger partial charge in [0, 0.05) is 12.0 Å². The Morgan fingerprint density at radius 3 is 2.41 bits per heavy atom. The summed E-state index contributed by atoms with van der Waals surface area (Å²) in [6.45, 7) is 0. The highest BCUT2D eigenvalue weighted by molar-refractivity contribution is 5.77. The molecule has 5 N–H and O–H groups in total. The van der Waals surface area contributed by atoms with Crippen molar-refractivity contribution in [1.29, 1.82) is 0 Å². The van der Waals surface area contributed by atoms with Gasteiger partial charge in [0.15, 0.2) is 0 Å². The van der Waals surface area contributed by atoms with Gasteiger partial charge in [0.05, 0.1) is 6.10 Å². The van der Waals surface area contributed by atoms with Gasteiger partial charge in [0.1, 0.15) is 0 Å². The molecule has 22 heavy (non-hydrogen) atoms. The molecule has 0 heterocycles. The van der Waals surface area contributed by atoms with Crippen LogP contribution in [-0.4, -0.2) is 23.2 Å². The van der Waals surface area contributed by atoms with Gasteiger partial charge in [0.2, 0.25) is 5.91 Å². The zero-order chi connectivity index (χ0) is 15.9. The molecule has 0 unspecified atom stereocenters. The third-order valence-corrected chi connectivity index (χ3v) is 4.89. The molecule has 2 rings (SSSR count). The number of benzene rings is 1. The van der Waals surface area contributed by atoms with E-state index in [0.717, 1.165) is 31.2 Å². The van der Waals surface area contributed by atoms with Gasteiger partial charge in [0.25, 0.3) is 0 Å². The van der Waals surface area contributed by atoms with Gasteiger partial charge in [-0.2, -0.15) is 0 Å². The highest BCUT2D eigenvalue weighted by Gasteiger charge is 2.31. The number of carbonyl (C=O) groups excluding carboxylic acids is 1. The van der Waals surface area contributed by atoms with Gasteiger partial charge < -0.3 is 16.6 Å². The molecule has 122 valence electrons. The van der Waals surface area contributed by atoms with E-state index in [-0.39, 0.29) is 17.9 Å². The molecule has 4 nitrogen and oxygen atoms in total. The maximum Gasteiger partial charge on any atom is 0.220 e. The molecule has 1 fully saturated rings. The molecule has 1 aliphatic carbocycles. The van der Waals surface area contributed by atoms with Gasteiger partial charge in [-0.05, 0) is 37.2 Å². The molecule has 1 aromatic carbocycles. The summed E-state index contributed by atoms with van der Waals surface area (Å²) >= 11 is 0. The smallest absolute Gasteiger partial charge is 0.220 e.